The van der Waals surface area contributed by atoms with Crippen molar-refractivity contribution in [2.75, 3.05) is 13.1 Å². The van der Waals surface area contributed by atoms with Crippen LogP contribution in [0.4, 0.5) is 20.4 Å². The number of aryl methyl sites for hydroxylation is 1. The molecule has 0 saturated carbocycles. The summed E-state index contributed by atoms with van der Waals surface area (Å²) in [5, 5.41) is 0. The lowest BCUT2D eigenvalue weighted by molar-refractivity contribution is 0.150. The maximum Gasteiger partial charge on any atom is 0.278 e. The van der Waals surface area contributed by atoms with E-state index in [1.807, 2.05) is 0 Å². The third-order valence-corrected chi connectivity index (χ3v) is 3.38. The van der Waals surface area contributed by atoms with Crippen LogP contribution in [-0.4, -0.2) is 22.4 Å². The maximum atomic E-state index is 12.0. The van der Waals surface area contributed by atoms with Gasteiger partial charge >= 0.3 is 0 Å². The van der Waals surface area contributed by atoms with Gasteiger partial charge in [0.05, 0.1) is 0 Å². The van der Waals surface area contributed by atoms with Crippen molar-refractivity contribution in [1.82, 2.24) is 9.29 Å². The summed E-state index contributed by atoms with van der Waals surface area (Å²) in [6.07, 6.45) is -0.907. The summed E-state index contributed by atoms with van der Waals surface area (Å²) >= 11 is -4.93. The third kappa shape index (κ3) is 6.72. The number of hydrogen-bond acceptors (Lipinski definition) is 2. The molecule has 8 heteroatoms. The van der Waals surface area contributed by atoms with Crippen LogP contribution < -0.4 is 0 Å². The molecule has 0 bridgehead atoms. The Morgan fingerprint density at radius 1 is 1.21 bits per heavy atom. The van der Waals surface area contributed by atoms with Gasteiger partial charge in [-0.05, 0) is 19.1 Å². The van der Waals surface area contributed by atoms with Gasteiger partial charge in [0.25, 0.3) is 17.8 Å². The molecule has 19 heavy (non-hydrogen) atoms. The van der Waals surface area contributed by atoms with E-state index in [0.29, 0.717) is 10.00 Å². The van der Waals surface area contributed by atoms with Gasteiger partial charge in [0.1, 0.15) is 0 Å². The lowest BCUT2D eigenvalue weighted by atomic mass is 10.2. The molecule has 0 aliphatic carbocycles. The molecule has 0 unspecified atom stereocenters. The van der Waals surface area contributed by atoms with Crippen molar-refractivity contribution in [3.63, 3.8) is 0 Å². The Hall–Kier alpha value is -0.890. The summed E-state index contributed by atoms with van der Waals surface area (Å²) in [6, 6.07) is 2.89. The first kappa shape index (κ1) is 18.1. The maximum absolute atomic E-state index is 12.0. The first-order valence-corrected chi connectivity index (χ1v) is 6.90. The molecule has 0 aliphatic rings. The predicted octanol–water partition coefficient (Wildman–Crippen LogP) is 5.03. The Labute approximate surface area is 112 Å². The van der Waals surface area contributed by atoms with Crippen molar-refractivity contribution in [3.8, 4) is 0 Å². The molecular formula is C11H17F5N2S. The minimum atomic E-state index is -4.93. The summed E-state index contributed by atoms with van der Waals surface area (Å²) in [4.78, 5) is 3.72. The number of rotatable bonds is 4. The molecule has 0 aliphatic heterocycles. The average Bonchev–Trinajstić information content (AvgIpc) is 2.29. The minimum absolute atomic E-state index is 0.0162. The van der Waals surface area contributed by atoms with Crippen molar-refractivity contribution in [1.29, 1.82) is 0 Å². The summed E-state index contributed by atoms with van der Waals surface area (Å²) in [6.45, 7) is 4.71. The first-order valence-electron chi connectivity index (χ1n) is 5.60. The van der Waals surface area contributed by atoms with Gasteiger partial charge in [0.15, 0.2) is 0 Å². The Morgan fingerprint density at radius 2 is 1.74 bits per heavy atom. The number of aromatic nitrogens is 1. The molecule has 0 aromatic carbocycles. The van der Waals surface area contributed by atoms with Crippen LogP contribution in [0, 0.1) is 6.92 Å². The second-order valence-corrected chi connectivity index (χ2v) is 4.76. The zero-order valence-corrected chi connectivity index (χ0v) is 11.7. The highest BCUT2D eigenvalue weighted by molar-refractivity contribution is 8.18. The van der Waals surface area contributed by atoms with E-state index in [-0.39, 0.29) is 18.7 Å². The fraction of sp³-hybridized carbons (Fsp3) is 0.545. The van der Waals surface area contributed by atoms with Crippen LogP contribution in [0.25, 0.3) is 0 Å². The van der Waals surface area contributed by atoms with E-state index in [1.165, 1.54) is 32.2 Å². The molecule has 1 aromatic heterocycles. The predicted molar refractivity (Wildman–Crippen MR) is 67.8 cm³/mol. The van der Waals surface area contributed by atoms with Gasteiger partial charge in [-0.2, -0.15) is 4.31 Å². The zero-order chi connectivity index (χ0) is 15.1. The number of alkyl halides is 2. The van der Waals surface area contributed by atoms with Crippen LogP contribution in [0.2, 0.25) is 0 Å². The van der Waals surface area contributed by atoms with E-state index in [4.69, 9.17) is 0 Å². The van der Waals surface area contributed by atoms with Crippen LogP contribution >= 0.6 is 11.4 Å². The van der Waals surface area contributed by atoms with Gasteiger partial charge in [0.2, 0.25) is 0 Å². The van der Waals surface area contributed by atoms with Crippen molar-refractivity contribution in [3.05, 3.63) is 29.6 Å². The molecule has 0 spiro atoms. The van der Waals surface area contributed by atoms with Gasteiger partial charge in [-0.25, -0.2) is 8.78 Å². The Morgan fingerprint density at radius 3 is 1.95 bits per heavy atom. The lowest BCUT2D eigenvalue weighted by Crippen LogP contribution is -2.19. The zero-order valence-electron chi connectivity index (χ0n) is 10.9. The highest BCUT2D eigenvalue weighted by Gasteiger charge is 2.27. The molecule has 0 amide bonds. The van der Waals surface area contributed by atoms with E-state index in [0.717, 1.165) is 0 Å². The van der Waals surface area contributed by atoms with Crippen molar-refractivity contribution >= 4 is 11.4 Å². The molecule has 0 saturated heterocycles. The van der Waals surface area contributed by atoms with Crippen molar-refractivity contribution in [2.24, 2.45) is 0 Å². The molecule has 0 fully saturated rings. The SMILES string of the molecule is CCN(CC)S(F)(F)F.Cc1ncccc1C(F)F. The average molecular weight is 304 g/mol. The van der Waals surface area contributed by atoms with Gasteiger partial charge in [-0.3, -0.25) is 4.98 Å². The highest BCUT2D eigenvalue weighted by atomic mass is 32.3. The molecule has 1 heterocycles. The fourth-order valence-corrected chi connectivity index (χ4v) is 1.83. The van der Waals surface area contributed by atoms with E-state index < -0.39 is 17.8 Å². The van der Waals surface area contributed by atoms with Gasteiger partial charge in [-0.15, -0.1) is 11.7 Å². The topological polar surface area (TPSA) is 16.1 Å². The summed E-state index contributed by atoms with van der Waals surface area (Å²) < 4.78 is 59.7. The summed E-state index contributed by atoms with van der Waals surface area (Å²) in [5.74, 6) is 0. The molecule has 1 aromatic rings. The molecule has 2 nitrogen and oxygen atoms in total. The smallest absolute Gasteiger partial charge is 0.261 e. The van der Waals surface area contributed by atoms with E-state index in [1.54, 1.807) is 6.92 Å². The number of nitrogens with zero attached hydrogens (tertiary/aromatic N) is 2. The molecule has 0 N–H and O–H groups in total. The Balaban J connectivity index is 0.000000344. The number of halogens is 5. The normalized spacial score (nSPS) is 12.3. The largest absolute Gasteiger partial charge is 0.278 e. The van der Waals surface area contributed by atoms with Gasteiger partial charge in [-0.1, -0.05) is 13.8 Å². The van der Waals surface area contributed by atoms with Crippen LogP contribution in [0.1, 0.15) is 31.5 Å². The first-order chi connectivity index (χ1) is 8.73. The Bertz CT molecular complexity index is 366. The third-order valence-electron chi connectivity index (χ3n) is 2.28. The molecule has 1 rings (SSSR count). The van der Waals surface area contributed by atoms with Crippen molar-refractivity contribution < 1.29 is 20.4 Å². The monoisotopic (exact) mass is 304 g/mol. The summed E-state index contributed by atoms with van der Waals surface area (Å²) in [5.41, 5.74) is 0.417. The minimum Gasteiger partial charge on any atom is -0.261 e. The van der Waals surface area contributed by atoms with E-state index >= 15 is 0 Å². The highest BCUT2D eigenvalue weighted by Crippen LogP contribution is 2.55. The standard InChI is InChI=1S/C7H7F2N.C4H10F3NS/c1-5-6(7(8)9)3-2-4-10-5;1-3-8(4-2)9(5,6)7/h2-4,7H,1H3;3-4H2,1-2H3. The molecule has 0 atom stereocenters. The van der Waals surface area contributed by atoms with E-state index in [2.05, 4.69) is 4.98 Å². The fourth-order valence-electron chi connectivity index (χ4n) is 1.24. The van der Waals surface area contributed by atoms with Gasteiger partial charge < -0.3 is 0 Å². The second kappa shape index (κ2) is 8.31. The van der Waals surface area contributed by atoms with Gasteiger partial charge in [0, 0.05) is 30.5 Å². The number of hydrogen-bond donors (Lipinski definition) is 0. The second-order valence-electron chi connectivity index (χ2n) is 3.47. The number of pyridine rings is 1. The van der Waals surface area contributed by atoms with Crippen LogP contribution in [0.15, 0.2) is 18.3 Å². The molecular weight excluding hydrogens is 287 g/mol. The molecule has 112 valence electrons. The molecule has 0 radical (unpaired) electrons. The summed E-state index contributed by atoms with van der Waals surface area (Å²) in [7, 11) is 0. The van der Waals surface area contributed by atoms with E-state index in [9.17, 15) is 20.4 Å². The van der Waals surface area contributed by atoms with Crippen LogP contribution in [0.5, 0.6) is 0 Å². The lowest BCUT2D eigenvalue weighted by Gasteiger charge is -2.23. The van der Waals surface area contributed by atoms with Crippen LogP contribution in [0.3, 0.4) is 0 Å². The van der Waals surface area contributed by atoms with Crippen molar-refractivity contribution in [2.45, 2.75) is 27.2 Å². The quantitative estimate of drug-likeness (QED) is 0.725. The van der Waals surface area contributed by atoms with Crippen LogP contribution in [-0.2, 0) is 0 Å². The Kier molecular flexibility index (Phi) is 7.93.